The summed E-state index contributed by atoms with van der Waals surface area (Å²) in [6.45, 7) is 0.265. The van der Waals surface area contributed by atoms with Crippen molar-refractivity contribution in [3.05, 3.63) is 76.4 Å². The van der Waals surface area contributed by atoms with Crippen LogP contribution in [0.4, 0.5) is 15.8 Å². The molecule has 0 atom stereocenters. The molecule has 0 radical (unpaired) electrons. The highest BCUT2D eigenvalue weighted by Crippen LogP contribution is 2.36. The van der Waals surface area contributed by atoms with Crippen molar-refractivity contribution in [1.82, 2.24) is 0 Å². The number of nitro groups is 1. The molecule has 0 saturated carbocycles. The van der Waals surface area contributed by atoms with Crippen molar-refractivity contribution >= 4 is 11.4 Å². The largest absolute Gasteiger partial charge is 0.461 e. The highest BCUT2D eigenvalue weighted by Gasteiger charge is 2.19. The molecule has 2 aromatic carbocycles. The van der Waals surface area contributed by atoms with E-state index in [4.69, 9.17) is 4.74 Å². The topological polar surface area (TPSA) is 55.6 Å². The van der Waals surface area contributed by atoms with Gasteiger partial charge in [0.2, 0.25) is 0 Å². The van der Waals surface area contributed by atoms with Gasteiger partial charge in [-0.3, -0.25) is 10.1 Å². The summed E-state index contributed by atoms with van der Waals surface area (Å²) in [7, 11) is 0. The predicted molar refractivity (Wildman–Crippen MR) is 75.4 cm³/mol. The van der Waals surface area contributed by atoms with E-state index in [9.17, 15) is 14.5 Å². The molecule has 5 nitrogen and oxygen atoms in total. The third-order valence-corrected chi connectivity index (χ3v) is 3.20. The third kappa shape index (κ3) is 2.55. The molecule has 0 spiro atoms. The zero-order valence-electron chi connectivity index (χ0n) is 10.9. The molecule has 0 aliphatic carbocycles. The molecule has 2 aromatic rings. The highest BCUT2D eigenvalue weighted by atomic mass is 19.1. The normalized spacial score (nSPS) is 12.7. The van der Waals surface area contributed by atoms with Crippen molar-refractivity contribution in [2.24, 2.45) is 0 Å². The zero-order chi connectivity index (χ0) is 14.8. The molecule has 6 heteroatoms. The van der Waals surface area contributed by atoms with Crippen LogP contribution in [0.5, 0.6) is 5.75 Å². The van der Waals surface area contributed by atoms with E-state index in [1.807, 2.05) is 0 Å². The van der Waals surface area contributed by atoms with Gasteiger partial charge in [0, 0.05) is 23.9 Å². The highest BCUT2D eigenvalue weighted by molar-refractivity contribution is 5.66. The number of ether oxygens (including phenoxy) is 1. The third-order valence-electron chi connectivity index (χ3n) is 3.20. The molecule has 0 N–H and O–H groups in total. The summed E-state index contributed by atoms with van der Waals surface area (Å²) in [5, 5.41) is 10.9. The molecule has 1 aliphatic heterocycles. The van der Waals surface area contributed by atoms with E-state index < -0.39 is 4.92 Å². The number of nitrogens with zero attached hydrogens (tertiary/aromatic N) is 2. The van der Waals surface area contributed by atoms with Gasteiger partial charge in [-0.25, -0.2) is 4.39 Å². The molecule has 1 heterocycles. The smallest absolute Gasteiger partial charge is 0.271 e. The van der Waals surface area contributed by atoms with Crippen LogP contribution in [0.15, 0.2) is 54.9 Å². The Balaban J connectivity index is 1.96. The first kappa shape index (κ1) is 13.1. The van der Waals surface area contributed by atoms with Gasteiger partial charge < -0.3 is 9.64 Å². The van der Waals surface area contributed by atoms with Crippen molar-refractivity contribution < 1.29 is 14.1 Å². The van der Waals surface area contributed by atoms with Crippen molar-refractivity contribution in [3.8, 4) is 5.75 Å². The second kappa shape index (κ2) is 5.24. The Kier molecular flexibility index (Phi) is 3.27. The summed E-state index contributed by atoms with van der Waals surface area (Å²) in [6, 6.07) is 10.7. The van der Waals surface area contributed by atoms with Crippen LogP contribution in [0.2, 0.25) is 0 Å². The maximum atomic E-state index is 13.7. The van der Waals surface area contributed by atoms with Gasteiger partial charge in [0.15, 0.2) is 5.75 Å². The van der Waals surface area contributed by atoms with E-state index in [1.54, 1.807) is 29.3 Å². The predicted octanol–water partition coefficient (Wildman–Crippen LogP) is 3.60. The van der Waals surface area contributed by atoms with E-state index in [1.165, 1.54) is 30.5 Å². The Morgan fingerprint density at radius 3 is 2.81 bits per heavy atom. The molecular weight excluding hydrogens is 275 g/mol. The van der Waals surface area contributed by atoms with Crippen LogP contribution in [0.3, 0.4) is 0 Å². The number of anilines is 1. The fourth-order valence-electron chi connectivity index (χ4n) is 2.15. The Morgan fingerprint density at radius 1 is 1.24 bits per heavy atom. The molecule has 0 fully saturated rings. The van der Waals surface area contributed by atoms with Gasteiger partial charge in [-0.1, -0.05) is 18.2 Å². The molecule has 0 unspecified atom stereocenters. The first-order valence-electron chi connectivity index (χ1n) is 6.27. The number of halogens is 1. The summed E-state index contributed by atoms with van der Waals surface area (Å²) in [6.07, 6.45) is 3.09. The quantitative estimate of drug-likeness (QED) is 0.639. The Bertz CT molecular complexity index is 731. The molecule has 0 bridgehead atoms. The van der Waals surface area contributed by atoms with Crippen LogP contribution in [0.25, 0.3) is 0 Å². The van der Waals surface area contributed by atoms with E-state index in [0.29, 0.717) is 17.0 Å². The number of non-ortho nitro benzene ring substituents is 1. The number of hydrogen-bond donors (Lipinski definition) is 0. The van der Waals surface area contributed by atoms with E-state index in [0.717, 1.165) is 0 Å². The van der Waals surface area contributed by atoms with Gasteiger partial charge in [0.25, 0.3) is 5.69 Å². The second-order valence-electron chi connectivity index (χ2n) is 4.53. The Labute approximate surface area is 120 Å². The molecule has 0 aromatic heterocycles. The molecule has 106 valence electrons. The lowest BCUT2D eigenvalue weighted by Crippen LogP contribution is -2.20. The van der Waals surface area contributed by atoms with Gasteiger partial charge >= 0.3 is 0 Å². The van der Waals surface area contributed by atoms with Gasteiger partial charge in [-0.05, 0) is 12.1 Å². The second-order valence-corrected chi connectivity index (χ2v) is 4.53. The van der Waals surface area contributed by atoms with Crippen LogP contribution in [0.1, 0.15) is 5.56 Å². The van der Waals surface area contributed by atoms with Gasteiger partial charge in [-0.2, -0.15) is 0 Å². The fraction of sp³-hybridized carbons (Fsp3) is 0.0667. The number of hydrogen-bond acceptors (Lipinski definition) is 4. The molecular formula is C15H11FN2O3. The van der Waals surface area contributed by atoms with Crippen molar-refractivity contribution in [2.75, 3.05) is 4.90 Å². The van der Waals surface area contributed by atoms with Crippen LogP contribution in [-0.4, -0.2) is 4.92 Å². The molecule has 3 rings (SSSR count). The lowest BCUT2D eigenvalue weighted by Gasteiger charge is -2.25. The zero-order valence-corrected chi connectivity index (χ0v) is 10.9. The average molecular weight is 286 g/mol. The molecule has 21 heavy (non-hydrogen) atoms. The van der Waals surface area contributed by atoms with Crippen LogP contribution in [0, 0.1) is 15.9 Å². The van der Waals surface area contributed by atoms with Gasteiger partial charge in [0.1, 0.15) is 12.1 Å². The van der Waals surface area contributed by atoms with Crippen LogP contribution >= 0.6 is 0 Å². The summed E-state index contributed by atoms with van der Waals surface area (Å²) >= 11 is 0. The van der Waals surface area contributed by atoms with Crippen LogP contribution in [-0.2, 0) is 6.54 Å². The van der Waals surface area contributed by atoms with Crippen molar-refractivity contribution in [2.45, 2.75) is 6.54 Å². The summed E-state index contributed by atoms with van der Waals surface area (Å²) in [5.74, 6) is 0.184. The standard InChI is InChI=1S/C15H11FN2O3/c16-13-4-2-1-3-11(13)10-17-7-8-21-15-6-5-12(18(19)20)9-14(15)17/h1-9H,10H2. The van der Waals surface area contributed by atoms with E-state index in [-0.39, 0.29) is 18.0 Å². The molecule has 1 aliphatic rings. The SMILES string of the molecule is O=[N+]([O-])c1ccc2c(c1)N(Cc1ccccc1F)C=CO2. The lowest BCUT2D eigenvalue weighted by atomic mass is 10.1. The minimum atomic E-state index is -0.472. The number of benzene rings is 2. The summed E-state index contributed by atoms with van der Waals surface area (Å²) in [4.78, 5) is 12.1. The monoisotopic (exact) mass is 286 g/mol. The number of fused-ring (bicyclic) bond motifs is 1. The van der Waals surface area contributed by atoms with Crippen LogP contribution < -0.4 is 9.64 Å². The molecule has 0 saturated heterocycles. The fourth-order valence-corrected chi connectivity index (χ4v) is 2.15. The summed E-state index contributed by atoms with van der Waals surface area (Å²) < 4.78 is 19.1. The minimum absolute atomic E-state index is 0.0359. The molecule has 0 amide bonds. The number of nitro benzene ring substituents is 1. The maximum absolute atomic E-state index is 13.7. The summed E-state index contributed by atoms with van der Waals surface area (Å²) in [5.41, 5.74) is 1.00. The Morgan fingerprint density at radius 2 is 2.05 bits per heavy atom. The van der Waals surface area contributed by atoms with Gasteiger partial charge in [-0.15, -0.1) is 0 Å². The minimum Gasteiger partial charge on any atom is -0.461 e. The van der Waals surface area contributed by atoms with Crippen molar-refractivity contribution in [1.29, 1.82) is 0 Å². The van der Waals surface area contributed by atoms with E-state index >= 15 is 0 Å². The maximum Gasteiger partial charge on any atom is 0.271 e. The van der Waals surface area contributed by atoms with Gasteiger partial charge in [0.05, 0.1) is 17.2 Å². The first-order chi connectivity index (χ1) is 10.1. The lowest BCUT2D eigenvalue weighted by molar-refractivity contribution is -0.384. The Hall–Kier alpha value is -2.89. The van der Waals surface area contributed by atoms with Crippen molar-refractivity contribution in [3.63, 3.8) is 0 Å². The first-order valence-corrected chi connectivity index (χ1v) is 6.27. The van der Waals surface area contributed by atoms with E-state index in [2.05, 4.69) is 0 Å². The average Bonchev–Trinajstić information content (AvgIpc) is 2.49. The number of rotatable bonds is 3.